The van der Waals surface area contributed by atoms with Crippen LogP contribution in [-0.2, 0) is 19.8 Å². The molecule has 0 bridgehead atoms. The first kappa shape index (κ1) is 13.7. The summed E-state index contributed by atoms with van der Waals surface area (Å²) < 4.78 is 37.8. The number of nitrogens with one attached hydrogen (secondary N) is 1. The molecule has 1 aromatic heterocycles. The van der Waals surface area contributed by atoms with E-state index in [0.29, 0.717) is 5.69 Å². The maximum atomic E-state index is 12.6. The van der Waals surface area contributed by atoms with Crippen LogP contribution >= 0.6 is 11.6 Å². The Morgan fingerprint density at radius 1 is 1.32 bits per heavy atom. The molecule has 0 unspecified atom stereocenters. The molecule has 0 saturated heterocycles. The molecular weight excluding hydrogens is 281 g/mol. The molecule has 2 rings (SSSR count). The topological polar surface area (TPSA) is 42.7 Å². The fourth-order valence-electron chi connectivity index (χ4n) is 1.52. The molecular formula is C11H10ClF3N4. The van der Waals surface area contributed by atoms with E-state index in [1.54, 1.807) is 7.05 Å². The van der Waals surface area contributed by atoms with Gasteiger partial charge in [0.05, 0.1) is 18.3 Å². The first-order valence-electron chi connectivity index (χ1n) is 5.31. The van der Waals surface area contributed by atoms with Crippen molar-refractivity contribution in [2.24, 2.45) is 7.05 Å². The average molecular weight is 291 g/mol. The number of hydrogen-bond donors (Lipinski definition) is 1. The molecule has 0 spiro atoms. The van der Waals surface area contributed by atoms with Crippen LogP contribution in [0.15, 0.2) is 24.4 Å². The number of aromatic nitrogens is 3. The van der Waals surface area contributed by atoms with Crippen LogP contribution in [0.5, 0.6) is 0 Å². The Morgan fingerprint density at radius 3 is 2.63 bits per heavy atom. The Balaban J connectivity index is 2.14. The fourth-order valence-corrected chi connectivity index (χ4v) is 1.75. The molecule has 0 saturated carbocycles. The van der Waals surface area contributed by atoms with Gasteiger partial charge in [0, 0.05) is 17.8 Å². The molecule has 0 aliphatic rings. The van der Waals surface area contributed by atoms with Crippen molar-refractivity contribution in [1.29, 1.82) is 0 Å². The average Bonchev–Trinajstić information content (AvgIpc) is 2.71. The fraction of sp³-hybridized carbons (Fsp3) is 0.273. The van der Waals surface area contributed by atoms with E-state index in [9.17, 15) is 13.2 Å². The lowest BCUT2D eigenvalue weighted by atomic mass is 10.2. The van der Waals surface area contributed by atoms with E-state index in [1.807, 2.05) is 0 Å². The maximum absolute atomic E-state index is 12.6. The van der Waals surface area contributed by atoms with Gasteiger partial charge in [-0.2, -0.15) is 28.2 Å². The van der Waals surface area contributed by atoms with Gasteiger partial charge < -0.3 is 5.32 Å². The van der Waals surface area contributed by atoms with Crippen molar-refractivity contribution in [2.45, 2.75) is 12.7 Å². The van der Waals surface area contributed by atoms with Crippen LogP contribution in [0.25, 0.3) is 0 Å². The van der Waals surface area contributed by atoms with Gasteiger partial charge in [0.25, 0.3) is 0 Å². The quantitative estimate of drug-likeness (QED) is 0.944. The highest BCUT2D eigenvalue weighted by Gasteiger charge is 2.31. The van der Waals surface area contributed by atoms with Crippen molar-refractivity contribution in [3.63, 3.8) is 0 Å². The molecule has 2 aromatic rings. The number of alkyl halides is 3. The molecule has 0 aliphatic carbocycles. The van der Waals surface area contributed by atoms with Crippen LogP contribution in [0.3, 0.4) is 0 Å². The molecule has 4 nitrogen and oxygen atoms in total. The van der Waals surface area contributed by atoms with Crippen molar-refractivity contribution in [2.75, 3.05) is 5.32 Å². The van der Waals surface area contributed by atoms with Gasteiger partial charge in [-0.3, -0.25) is 0 Å². The molecule has 8 heteroatoms. The molecule has 1 N–H and O–H groups in total. The van der Waals surface area contributed by atoms with E-state index in [-0.39, 0.29) is 17.3 Å². The summed E-state index contributed by atoms with van der Waals surface area (Å²) in [5, 5.41) is 10.7. The lowest BCUT2D eigenvalue weighted by molar-refractivity contribution is -0.137. The second-order valence-electron chi connectivity index (χ2n) is 3.91. The van der Waals surface area contributed by atoms with Crippen molar-refractivity contribution in [1.82, 2.24) is 15.0 Å². The number of anilines is 1. The van der Waals surface area contributed by atoms with Gasteiger partial charge in [-0.05, 0) is 18.2 Å². The Morgan fingerprint density at radius 2 is 2.05 bits per heavy atom. The largest absolute Gasteiger partial charge is 0.416 e. The predicted octanol–water partition coefficient (Wildman–Crippen LogP) is 3.10. The highest BCUT2D eigenvalue weighted by Crippen LogP contribution is 2.33. The lowest BCUT2D eigenvalue weighted by Crippen LogP contribution is -2.07. The molecule has 0 atom stereocenters. The summed E-state index contributed by atoms with van der Waals surface area (Å²) in [6.45, 7) is 0.269. The molecule has 0 amide bonds. The number of rotatable bonds is 3. The normalized spacial score (nSPS) is 11.6. The number of halogens is 4. The van der Waals surface area contributed by atoms with Gasteiger partial charge in [-0.1, -0.05) is 11.6 Å². The molecule has 0 aliphatic heterocycles. The second kappa shape index (κ2) is 5.08. The van der Waals surface area contributed by atoms with E-state index in [0.717, 1.165) is 12.1 Å². The summed E-state index contributed by atoms with van der Waals surface area (Å²) in [6.07, 6.45) is -2.89. The molecule has 102 valence electrons. The number of hydrogen-bond acceptors (Lipinski definition) is 3. The SMILES string of the molecule is Cn1ncc(CNc2cc(Cl)cc(C(F)(F)F)c2)n1. The Hall–Kier alpha value is -1.76. The van der Waals surface area contributed by atoms with Gasteiger partial charge in [0.15, 0.2) is 0 Å². The number of aryl methyl sites for hydroxylation is 1. The monoisotopic (exact) mass is 290 g/mol. The summed E-state index contributed by atoms with van der Waals surface area (Å²) in [4.78, 5) is 1.37. The van der Waals surface area contributed by atoms with Gasteiger partial charge in [0.2, 0.25) is 0 Å². The smallest absolute Gasteiger partial charge is 0.379 e. The minimum absolute atomic E-state index is 0.0245. The van der Waals surface area contributed by atoms with Gasteiger partial charge in [0.1, 0.15) is 5.69 Å². The summed E-state index contributed by atoms with van der Waals surface area (Å²) in [5.74, 6) is 0. The third-order valence-corrected chi connectivity index (χ3v) is 2.56. The summed E-state index contributed by atoms with van der Waals surface area (Å²) in [5.41, 5.74) is 0.114. The van der Waals surface area contributed by atoms with Crippen molar-refractivity contribution in [3.05, 3.63) is 40.7 Å². The zero-order valence-electron chi connectivity index (χ0n) is 9.87. The summed E-state index contributed by atoms with van der Waals surface area (Å²) >= 11 is 5.67. The molecule has 0 radical (unpaired) electrons. The maximum Gasteiger partial charge on any atom is 0.416 e. The van der Waals surface area contributed by atoms with Crippen LogP contribution in [-0.4, -0.2) is 15.0 Å². The number of benzene rings is 1. The van der Waals surface area contributed by atoms with E-state index >= 15 is 0 Å². The first-order chi connectivity index (χ1) is 8.84. The van der Waals surface area contributed by atoms with Crippen LogP contribution in [0, 0.1) is 0 Å². The van der Waals surface area contributed by atoms with Crippen LogP contribution in [0.4, 0.5) is 18.9 Å². The van der Waals surface area contributed by atoms with Gasteiger partial charge >= 0.3 is 6.18 Å². The van der Waals surface area contributed by atoms with Crippen molar-refractivity contribution >= 4 is 17.3 Å². The van der Waals surface area contributed by atoms with Crippen LogP contribution in [0.1, 0.15) is 11.3 Å². The Kier molecular flexibility index (Phi) is 3.66. The van der Waals surface area contributed by atoms with Gasteiger partial charge in [-0.25, -0.2) is 0 Å². The standard InChI is InChI=1S/C11H10ClF3N4/c1-19-17-6-10(18-19)5-16-9-3-7(11(13,14)15)2-8(12)4-9/h2-4,6,16H,5H2,1H3. The number of nitrogens with zero attached hydrogens (tertiary/aromatic N) is 3. The first-order valence-corrected chi connectivity index (χ1v) is 5.69. The zero-order valence-corrected chi connectivity index (χ0v) is 10.6. The van der Waals surface area contributed by atoms with E-state index < -0.39 is 11.7 Å². The summed E-state index contributed by atoms with van der Waals surface area (Å²) in [6, 6.07) is 3.31. The third-order valence-electron chi connectivity index (χ3n) is 2.35. The Bertz CT molecular complexity index is 580. The van der Waals surface area contributed by atoms with E-state index in [1.165, 1.54) is 17.1 Å². The minimum Gasteiger partial charge on any atom is -0.379 e. The van der Waals surface area contributed by atoms with E-state index in [4.69, 9.17) is 11.6 Å². The third kappa shape index (κ3) is 3.60. The zero-order chi connectivity index (χ0) is 14.0. The molecule has 0 fully saturated rings. The second-order valence-corrected chi connectivity index (χ2v) is 4.34. The highest BCUT2D eigenvalue weighted by atomic mass is 35.5. The highest BCUT2D eigenvalue weighted by molar-refractivity contribution is 6.30. The minimum atomic E-state index is -4.42. The van der Waals surface area contributed by atoms with Gasteiger partial charge in [-0.15, -0.1) is 0 Å². The molecule has 1 heterocycles. The lowest BCUT2D eigenvalue weighted by Gasteiger charge is -2.10. The molecule has 19 heavy (non-hydrogen) atoms. The van der Waals surface area contributed by atoms with Crippen LogP contribution in [0.2, 0.25) is 5.02 Å². The van der Waals surface area contributed by atoms with Crippen molar-refractivity contribution < 1.29 is 13.2 Å². The predicted molar refractivity (Wildman–Crippen MR) is 64.8 cm³/mol. The van der Waals surface area contributed by atoms with Crippen molar-refractivity contribution in [3.8, 4) is 0 Å². The summed E-state index contributed by atoms with van der Waals surface area (Å²) in [7, 11) is 1.66. The molecule has 1 aromatic carbocycles. The Labute approximate surface area is 112 Å². The van der Waals surface area contributed by atoms with E-state index in [2.05, 4.69) is 15.5 Å². The van der Waals surface area contributed by atoms with Crippen LogP contribution < -0.4 is 5.32 Å².